The van der Waals surface area contributed by atoms with Crippen LogP contribution in [0.3, 0.4) is 0 Å². The van der Waals surface area contributed by atoms with Crippen LogP contribution >= 0.6 is 0 Å². The Bertz CT molecular complexity index is 504. The lowest BCUT2D eigenvalue weighted by Crippen LogP contribution is -2.40. The van der Waals surface area contributed by atoms with E-state index in [0.717, 1.165) is 52.4 Å². The lowest BCUT2D eigenvalue weighted by Gasteiger charge is -2.31. The molecule has 0 heterocycles. The van der Waals surface area contributed by atoms with Gasteiger partial charge in [-0.15, -0.1) is 0 Å². The first kappa shape index (κ1) is 22.5. The molecular formula is C20H36FN3O2. The van der Waals surface area contributed by atoms with E-state index in [1.54, 1.807) is 13.2 Å². The van der Waals surface area contributed by atoms with Crippen molar-refractivity contribution in [3.63, 3.8) is 0 Å². The van der Waals surface area contributed by atoms with Crippen molar-refractivity contribution < 1.29 is 13.9 Å². The third-order valence-corrected chi connectivity index (χ3v) is 4.95. The molecule has 0 bridgehead atoms. The van der Waals surface area contributed by atoms with Crippen LogP contribution < -0.4 is 14.4 Å². The van der Waals surface area contributed by atoms with Crippen molar-refractivity contribution >= 4 is 5.69 Å². The SMILES string of the molecule is CCN(CC)CCN(CCN(CC)CC)c1cc(OC)c(OC)cc1F. The fraction of sp³-hybridized carbons (Fsp3) is 0.700. The van der Waals surface area contributed by atoms with Gasteiger partial charge in [0.25, 0.3) is 0 Å². The molecule has 0 aromatic heterocycles. The van der Waals surface area contributed by atoms with E-state index in [0.29, 0.717) is 17.2 Å². The standard InChI is InChI=1S/C20H36FN3O2/c1-7-22(8-2)11-13-24(14-12-23(9-3)10-4)18-16-20(26-6)19(25-5)15-17(18)21/h15-16H,7-14H2,1-6H3. The van der Waals surface area contributed by atoms with Crippen molar-refractivity contribution in [2.75, 3.05) is 71.5 Å². The monoisotopic (exact) mass is 369 g/mol. The summed E-state index contributed by atoms with van der Waals surface area (Å²) >= 11 is 0. The Morgan fingerprint density at radius 1 is 0.731 bits per heavy atom. The Hall–Kier alpha value is -1.53. The minimum Gasteiger partial charge on any atom is -0.493 e. The minimum absolute atomic E-state index is 0.276. The van der Waals surface area contributed by atoms with Crippen LogP contribution in [0.25, 0.3) is 0 Å². The zero-order valence-corrected chi connectivity index (χ0v) is 17.3. The molecule has 0 fully saturated rings. The summed E-state index contributed by atoms with van der Waals surface area (Å²) in [5.41, 5.74) is 0.571. The molecule has 0 spiro atoms. The predicted molar refractivity (Wildman–Crippen MR) is 107 cm³/mol. The molecule has 0 aliphatic heterocycles. The lowest BCUT2D eigenvalue weighted by atomic mass is 10.2. The Morgan fingerprint density at radius 2 is 1.15 bits per heavy atom. The number of benzene rings is 1. The minimum atomic E-state index is -0.276. The molecule has 0 aliphatic rings. The van der Waals surface area contributed by atoms with E-state index < -0.39 is 0 Å². The molecule has 0 radical (unpaired) electrons. The molecule has 6 heteroatoms. The number of anilines is 1. The molecule has 1 aromatic carbocycles. The van der Waals surface area contributed by atoms with Gasteiger partial charge in [0.15, 0.2) is 11.5 Å². The summed E-state index contributed by atoms with van der Waals surface area (Å²) in [4.78, 5) is 6.82. The summed E-state index contributed by atoms with van der Waals surface area (Å²) < 4.78 is 25.4. The van der Waals surface area contributed by atoms with Crippen LogP contribution in [-0.2, 0) is 0 Å². The molecule has 0 atom stereocenters. The molecule has 0 saturated carbocycles. The number of ether oxygens (including phenoxy) is 2. The van der Waals surface area contributed by atoms with Crippen LogP contribution in [0.4, 0.5) is 10.1 Å². The van der Waals surface area contributed by atoms with Crippen molar-refractivity contribution in [3.8, 4) is 11.5 Å². The fourth-order valence-electron chi connectivity index (χ4n) is 3.04. The van der Waals surface area contributed by atoms with Crippen molar-refractivity contribution in [2.45, 2.75) is 27.7 Å². The molecule has 150 valence electrons. The highest BCUT2D eigenvalue weighted by Gasteiger charge is 2.18. The maximum Gasteiger partial charge on any atom is 0.163 e. The summed E-state index contributed by atoms with van der Waals surface area (Å²) in [6.45, 7) is 15.9. The normalized spacial score (nSPS) is 11.3. The van der Waals surface area contributed by atoms with Crippen LogP contribution in [0.1, 0.15) is 27.7 Å². The highest BCUT2D eigenvalue weighted by molar-refractivity contribution is 5.57. The van der Waals surface area contributed by atoms with Crippen LogP contribution in [0.5, 0.6) is 11.5 Å². The molecule has 26 heavy (non-hydrogen) atoms. The van der Waals surface area contributed by atoms with E-state index in [1.165, 1.54) is 13.2 Å². The van der Waals surface area contributed by atoms with Crippen molar-refractivity contribution in [1.82, 2.24) is 9.80 Å². The Labute approximate surface area is 158 Å². The average molecular weight is 370 g/mol. The van der Waals surface area contributed by atoms with Gasteiger partial charge in [-0.05, 0) is 26.2 Å². The van der Waals surface area contributed by atoms with Crippen LogP contribution in [0.15, 0.2) is 12.1 Å². The fourth-order valence-corrected chi connectivity index (χ4v) is 3.04. The third kappa shape index (κ3) is 6.32. The first-order valence-corrected chi connectivity index (χ1v) is 9.65. The maximum absolute atomic E-state index is 14.8. The van der Waals surface area contributed by atoms with Gasteiger partial charge in [0, 0.05) is 38.3 Å². The lowest BCUT2D eigenvalue weighted by molar-refractivity contribution is 0.293. The quantitative estimate of drug-likeness (QED) is 0.532. The van der Waals surface area contributed by atoms with E-state index in [9.17, 15) is 4.39 Å². The molecule has 0 unspecified atom stereocenters. The molecule has 1 aromatic rings. The Morgan fingerprint density at radius 3 is 1.54 bits per heavy atom. The van der Waals surface area contributed by atoms with Gasteiger partial charge >= 0.3 is 0 Å². The number of halogens is 1. The highest BCUT2D eigenvalue weighted by atomic mass is 19.1. The Kier molecular flexibility index (Phi) is 10.4. The van der Waals surface area contributed by atoms with Crippen LogP contribution in [0, 0.1) is 5.82 Å². The molecule has 0 saturated heterocycles. The second kappa shape index (κ2) is 12.0. The molecule has 1 rings (SSSR count). The molecular weight excluding hydrogens is 333 g/mol. The number of rotatable bonds is 13. The van der Waals surface area contributed by atoms with Crippen LogP contribution in [0.2, 0.25) is 0 Å². The number of methoxy groups -OCH3 is 2. The maximum atomic E-state index is 14.8. The number of hydrogen-bond acceptors (Lipinski definition) is 5. The van der Waals surface area contributed by atoms with E-state index in [-0.39, 0.29) is 5.82 Å². The summed E-state index contributed by atoms with van der Waals surface area (Å²) in [6.07, 6.45) is 0. The number of likely N-dealkylation sites (N-methyl/N-ethyl adjacent to an activating group) is 2. The van der Waals surface area contributed by atoms with E-state index in [1.807, 2.05) is 0 Å². The first-order chi connectivity index (χ1) is 12.5. The van der Waals surface area contributed by atoms with Crippen LogP contribution in [-0.4, -0.2) is 76.4 Å². The zero-order valence-electron chi connectivity index (χ0n) is 17.3. The smallest absolute Gasteiger partial charge is 0.163 e. The average Bonchev–Trinajstić information content (AvgIpc) is 2.67. The summed E-state index contributed by atoms with van der Waals surface area (Å²) in [5.74, 6) is 0.697. The van der Waals surface area contributed by atoms with Gasteiger partial charge in [-0.3, -0.25) is 0 Å². The van der Waals surface area contributed by atoms with E-state index >= 15 is 0 Å². The third-order valence-electron chi connectivity index (χ3n) is 4.95. The summed E-state index contributed by atoms with van der Waals surface area (Å²) in [5, 5.41) is 0. The Balaban J connectivity index is 3.05. The molecule has 5 nitrogen and oxygen atoms in total. The van der Waals surface area contributed by atoms with Crippen molar-refractivity contribution in [3.05, 3.63) is 17.9 Å². The summed E-state index contributed by atoms with van der Waals surface area (Å²) in [6, 6.07) is 3.16. The van der Waals surface area contributed by atoms with Gasteiger partial charge in [0.1, 0.15) is 5.82 Å². The second-order valence-corrected chi connectivity index (χ2v) is 6.20. The van der Waals surface area contributed by atoms with Gasteiger partial charge in [0.05, 0.1) is 19.9 Å². The predicted octanol–water partition coefficient (Wildman–Crippen LogP) is 3.33. The van der Waals surface area contributed by atoms with Gasteiger partial charge < -0.3 is 24.2 Å². The molecule has 0 aliphatic carbocycles. The van der Waals surface area contributed by atoms with Gasteiger partial charge in [0.2, 0.25) is 0 Å². The zero-order chi connectivity index (χ0) is 19.5. The van der Waals surface area contributed by atoms with Gasteiger partial charge in [-0.1, -0.05) is 27.7 Å². The summed E-state index contributed by atoms with van der Waals surface area (Å²) in [7, 11) is 3.10. The van der Waals surface area contributed by atoms with Crippen molar-refractivity contribution in [1.29, 1.82) is 0 Å². The molecule has 0 amide bonds. The second-order valence-electron chi connectivity index (χ2n) is 6.20. The van der Waals surface area contributed by atoms with Gasteiger partial charge in [-0.25, -0.2) is 4.39 Å². The van der Waals surface area contributed by atoms with E-state index in [4.69, 9.17) is 9.47 Å². The largest absolute Gasteiger partial charge is 0.493 e. The highest BCUT2D eigenvalue weighted by Crippen LogP contribution is 2.34. The topological polar surface area (TPSA) is 28.2 Å². The van der Waals surface area contributed by atoms with E-state index in [2.05, 4.69) is 42.4 Å². The first-order valence-electron chi connectivity index (χ1n) is 9.65. The van der Waals surface area contributed by atoms with Crippen molar-refractivity contribution in [2.24, 2.45) is 0 Å². The molecule has 0 N–H and O–H groups in total. The van der Waals surface area contributed by atoms with Gasteiger partial charge in [-0.2, -0.15) is 0 Å². The number of hydrogen-bond donors (Lipinski definition) is 0. The number of nitrogens with zero attached hydrogens (tertiary/aromatic N) is 3.